The van der Waals surface area contributed by atoms with Gasteiger partial charge in [0.1, 0.15) is 6.04 Å². The fourth-order valence-electron chi connectivity index (χ4n) is 2.79. The summed E-state index contributed by atoms with van der Waals surface area (Å²) in [7, 11) is 2.00. The SMILES string of the molecule is Cc1ccc(C2N=C(Cl)N(C)C2c2ccc(C)cc2)cc1. The van der Waals surface area contributed by atoms with Crippen LogP contribution in [0.3, 0.4) is 0 Å². The Morgan fingerprint density at radius 1 is 0.857 bits per heavy atom. The second-order valence-electron chi connectivity index (χ2n) is 5.72. The average molecular weight is 299 g/mol. The first-order valence-electron chi connectivity index (χ1n) is 7.15. The highest BCUT2D eigenvalue weighted by Crippen LogP contribution is 2.41. The van der Waals surface area contributed by atoms with Gasteiger partial charge in [-0.15, -0.1) is 0 Å². The molecule has 2 atom stereocenters. The quantitative estimate of drug-likeness (QED) is 0.738. The normalized spacial score (nSPS) is 21.5. The van der Waals surface area contributed by atoms with Crippen molar-refractivity contribution in [2.24, 2.45) is 4.99 Å². The lowest BCUT2D eigenvalue weighted by atomic mass is 9.93. The van der Waals surface area contributed by atoms with Gasteiger partial charge < -0.3 is 4.90 Å². The Balaban J connectivity index is 2.00. The third kappa shape index (κ3) is 2.68. The van der Waals surface area contributed by atoms with Gasteiger partial charge >= 0.3 is 0 Å². The van der Waals surface area contributed by atoms with Crippen molar-refractivity contribution in [3.63, 3.8) is 0 Å². The summed E-state index contributed by atoms with van der Waals surface area (Å²) in [6.45, 7) is 4.20. The van der Waals surface area contributed by atoms with Gasteiger partial charge in [-0.25, -0.2) is 4.99 Å². The van der Waals surface area contributed by atoms with Gasteiger partial charge in [-0.1, -0.05) is 59.7 Å². The summed E-state index contributed by atoms with van der Waals surface area (Å²) in [6.07, 6.45) is 0. The first-order chi connectivity index (χ1) is 10.1. The molecule has 0 saturated heterocycles. The van der Waals surface area contributed by atoms with Gasteiger partial charge in [0.2, 0.25) is 0 Å². The van der Waals surface area contributed by atoms with Crippen LogP contribution < -0.4 is 0 Å². The molecule has 0 saturated carbocycles. The molecule has 1 aliphatic rings. The monoisotopic (exact) mass is 298 g/mol. The molecule has 0 radical (unpaired) electrons. The highest BCUT2D eigenvalue weighted by Gasteiger charge is 2.35. The van der Waals surface area contributed by atoms with Crippen LogP contribution in [0.1, 0.15) is 34.3 Å². The van der Waals surface area contributed by atoms with E-state index in [0.29, 0.717) is 5.29 Å². The standard InChI is InChI=1S/C18H19ClN2/c1-12-4-8-14(9-5-12)16-17(21(3)18(19)20-16)15-10-6-13(2)7-11-15/h4-11,16-17H,1-3H3. The summed E-state index contributed by atoms with van der Waals surface area (Å²) in [5, 5.41) is 0.575. The first-order valence-corrected chi connectivity index (χ1v) is 7.53. The minimum atomic E-state index is 0.0470. The summed E-state index contributed by atoms with van der Waals surface area (Å²) in [6, 6.07) is 17.4. The number of hydrogen-bond donors (Lipinski definition) is 0. The van der Waals surface area contributed by atoms with Crippen molar-refractivity contribution in [1.29, 1.82) is 0 Å². The van der Waals surface area contributed by atoms with Crippen LogP contribution in [0.2, 0.25) is 0 Å². The van der Waals surface area contributed by atoms with E-state index in [4.69, 9.17) is 11.6 Å². The minimum Gasteiger partial charge on any atom is -0.341 e. The molecule has 0 aliphatic carbocycles. The van der Waals surface area contributed by atoms with E-state index in [0.717, 1.165) is 0 Å². The van der Waals surface area contributed by atoms with E-state index in [2.05, 4.69) is 72.3 Å². The molecule has 0 N–H and O–H groups in total. The van der Waals surface area contributed by atoms with Gasteiger partial charge in [0, 0.05) is 7.05 Å². The number of nitrogens with zero attached hydrogens (tertiary/aromatic N) is 2. The number of amidine groups is 1. The number of rotatable bonds is 2. The van der Waals surface area contributed by atoms with Crippen LogP contribution in [0.5, 0.6) is 0 Å². The van der Waals surface area contributed by atoms with E-state index in [-0.39, 0.29) is 12.1 Å². The van der Waals surface area contributed by atoms with Crippen LogP contribution in [0.25, 0.3) is 0 Å². The summed E-state index contributed by atoms with van der Waals surface area (Å²) >= 11 is 6.29. The largest absolute Gasteiger partial charge is 0.341 e. The molecule has 3 rings (SSSR count). The number of halogens is 1. The van der Waals surface area contributed by atoms with Crippen molar-refractivity contribution in [1.82, 2.24) is 4.90 Å². The molecule has 0 aromatic heterocycles. The van der Waals surface area contributed by atoms with E-state index >= 15 is 0 Å². The van der Waals surface area contributed by atoms with E-state index < -0.39 is 0 Å². The summed E-state index contributed by atoms with van der Waals surface area (Å²) < 4.78 is 0. The van der Waals surface area contributed by atoms with Gasteiger partial charge in [0.05, 0.1) is 6.04 Å². The molecule has 0 amide bonds. The molecule has 2 aromatic carbocycles. The molecule has 3 heteroatoms. The van der Waals surface area contributed by atoms with Crippen molar-refractivity contribution >= 4 is 16.9 Å². The lowest BCUT2D eigenvalue weighted by Gasteiger charge is -2.26. The van der Waals surface area contributed by atoms with Crippen molar-refractivity contribution in [2.75, 3.05) is 7.05 Å². The molecule has 0 spiro atoms. The van der Waals surface area contributed by atoms with E-state index in [9.17, 15) is 0 Å². The Kier molecular flexibility index (Phi) is 3.73. The van der Waals surface area contributed by atoms with Crippen molar-refractivity contribution in [3.8, 4) is 0 Å². The molecule has 0 fully saturated rings. The van der Waals surface area contributed by atoms with Gasteiger partial charge in [0.25, 0.3) is 0 Å². The van der Waals surface area contributed by atoms with Crippen molar-refractivity contribution < 1.29 is 0 Å². The van der Waals surface area contributed by atoms with Crippen LogP contribution in [-0.2, 0) is 0 Å². The van der Waals surface area contributed by atoms with Gasteiger partial charge in [0.15, 0.2) is 5.29 Å². The first kappa shape index (κ1) is 14.2. The Hall–Kier alpha value is -1.80. The zero-order valence-electron chi connectivity index (χ0n) is 12.5. The van der Waals surface area contributed by atoms with Gasteiger partial charge in [-0.05, 0) is 36.6 Å². The molecule has 2 unspecified atom stereocenters. The number of hydrogen-bond acceptors (Lipinski definition) is 2. The molecule has 2 nitrogen and oxygen atoms in total. The lowest BCUT2D eigenvalue weighted by molar-refractivity contribution is 0.367. The Morgan fingerprint density at radius 3 is 1.86 bits per heavy atom. The zero-order valence-corrected chi connectivity index (χ0v) is 13.3. The predicted molar refractivity (Wildman–Crippen MR) is 88.9 cm³/mol. The predicted octanol–water partition coefficient (Wildman–Crippen LogP) is 4.63. The third-order valence-electron chi connectivity index (χ3n) is 4.09. The van der Waals surface area contributed by atoms with Crippen LogP contribution in [0.15, 0.2) is 53.5 Å². The third-order valence-corrected chi connectivity index (χ3v) is 4.45. The summed E-state index contributed by atoms with van der Waals surface area (Å²) in [5.74, 6) is 0. The van der Waals surface area contributed by atoms with Crippen molar-refractivity contribution in [3.05, 3.63) is 70.8 Å². The highest BCUT2D eigenvalue weighted by molar-refractivity contribution is 6.64. The molecule has 21 heavy (non-hydrogen) atoms. The molecular weight excluding hydrogens is 280 g/mol. The van der Waals surface area contributed by atoms with Crippen molar-refractivity contribution in [2.45, 2.75) is 25.9 Å². The molecule has 1 heterocycles. The van der Waals surface area contributed by atoms with E-state index in [1.54, 1.807) is 0 Å². The maximum absolute atomic E-state index is 6.29. The number of likely N-dealkylation sites (N-methyl/N-ethyl adjacent to an activating group) is 1. The second-order valence-corrected chi connectivity index (χ2v) is 6.06. The smallest absolute Gasteiger partial charge is 0.194 e. The summed E-state index contributed by atoms with van der Waals surface area (Å²) in [5.41, 5.74) is 4.96. The number of aliphatic imine (C=N–C) groups is 1. The lowest BCUT2D eigenvalue weighted by Crippen LogP contribution is -2.24. The fraction of sp³-hybridized carbons (Fsp3) is 0.278. The highest BCUT2D eigenvalue weighted by atomic mass is 35.5. The van der Waals surface area contributed by atoms with Gasteiger partial charge in [-0.2, -0.15) is 0 Å². The molecule has 2 aromatic rings. The summed E-state index contributed by atoms with van der Waals surface area (Å²) in [4.78, 5) is 6.71. The maximum Gasteiger partial charge on any atom is 0.194 e. The van der Waals surface area contributed by atoms with Crippen LogP contribution in [-0.4, -0.2) is 17.2 Å². The molecule has 1 aliphatic heterocycles. The van der Waals surface area contributed by atoms with Gasteiger partial charge in [-0.3, -0.25) is 0 Å². The maximum atomic E-state index is 6.29. The molecular formula is C18H19ClN2. The van der Waals surface area contributed by atoms with E-state index in [1.165, 1.54) is 22.3 Å². The van der Waals surface area contributed by atoms with Crippen LogP contribution in [0, 0.1) is 13.8 Å². The Bertz CT molecular complexity index is 659. The number of aryl methyl sites for hydroxylation is 2. The van der Waals surface area contributed by atoms with E-state index in [1.807, 2.05) is 7.05 Å². The topological polar surface area (TPSA) is 15.6 Å². The zero-order chi connectivity index (χ0) is 15.0. The number of benzene rings is 2. The van der Waals surface area contributed by atoms with Crippen LogP contribution in [0.4, 0.5) is 0 Å². The van der Waals surface area contributed by atoms with Crippen LogP contribution >= 0.6 is 11.6 Å². The average Bonchev–Trinajstić information content (AvgIpc) is 2.77. The molecule has 108 valence electrons. The second kappa shape index (κ2) is 5.53. The fourth-order valence-corrected chi connectivity index (χ4v) is 3.00. The minimum absolute atomic E-state index is 0.0470. The Morgan fingerprint density at radius 2 is 1.33 bits per heavy atom. The molecule has 0 bridgehead atoms. The Labute approximate surface area is 131 Å².